The van der Waals surface area contributed by atoms with Crippen molar-refractivity contribution in [3.8, 4) is 0 Å². The summed E-state index contributed by atoms with van der Waals surface area (Å²) in [7, 11) is -3.83. The Morgan fingerprint density at radius 2 is 1.62 bits per heavy atom. The van der Waals surface area contributed by atoms with Gasteiger partial charge in [-0.3, -0.25) is 23.4 Å². The van der Waals surface area contributed by atoms with Crippen LogP contribution in [0.1, 0.15) is 20.8 Å². The van der Waals surface area contributed by atoms with Crippen molar-refractivity contribution in [3.63, 3.8) is 0 Å². The highest BCUT2D eigenvalue weighted by molar-refractivity contribution is 7.47. The van der Waals surface area contributed by atoms with Crippen molar-refractivity contribution in [3.05, 3.63) is 0 Å². The first-order valence-electron chi connectivity index (χ1n) is 7.31. The first-order chi connectivity index (χ1) is 12.0. The molecule has 11 nitrogen and oxygen atoms in total. The van der Waals surface area contributed by atoms with Gasteiger partial charge in [0.2, 0.25) is 6.29 Å². The number of alkyl halides is 1. The third-order valence-corrected chi connectivity index (χ3v) is 4.03. The summed E-state index contributed by atoms with van der Waals surface area (Å²) in [4.78, 5) is 43.0. The minimum absolute atomic E-state index is 0.527. The number of carbonyl (C=O) groups excluding carboxylic acids is 3. The fraction of sp³-hybridized carbons (Fsp3) is 0.769. The van der Waals surface area contributed by atoms with Crippen molar-refractivity contribution >= 4 is 25.7 Å². The molecule has 1 fully saturated rings. The number of hydrogen-bond acceptors (Lipinski definition) is 10. The SMILES string of the molecule is COP(=O)(O)OC1OC(COC(C)=O)C(OC(C)=O)C(OC(C)=O)C1F. The Labute approximate surface area is 148 Å². The summed E-state index contributed by atoms with van der Waals surface area (Å²) < 4.78 is 54.7. The molecule has 0 amide bonds. The van der Waals surface area contributed by atoms with Gasteiger partial charge in [-0.05, 0) is 0 Å². The Bertz CT molecular complexity index is 582. The average molecular weight is 402 g/mol. The van der Waals surface area contributed by atoms with Crippen molar-refractivity contribution in [1.29, 1.82) is 0 Å². The standard InChI is InChI=1S/C13H20FO11P/c1-6(15)21-5-9-11(22-7(2)16)12(23-8(3)17)10(14)13(24-9)25-26(18,19)20-4/h9-13H,5H2,1-4H3,(H,18,19). The van der Waals surface area contributed by atoms with E-state index in [9.17, 15) is 28.2 Å². The molecule has 1 saturated heterocycles. The van der Waals surface area contributed by atoms with Gasteiger partial charge in [0, 0.05) is 27.9 Å². The molecule has 6 unspecified atom stereocenters. The van der Waals surface area contributed by atoms with Gasteiger partial charge in [-0.15, -0.1) is 0 Å². The zero-order valence-electron chi connectivity index (χ0n) is 14.4. The van der Waals surface area contributed by atoms with E-state index in [-0.39, 0.29) is 0 Å². The van der Waals surface area contributed by atoms with Crippen LogP contribution in [-0.4, -0.2) is 67.3 Å². The minimum Gasteiger partial charge on any atom is -0.463 e. The topological polar surface area (TPSA) is 144 Å². The smallest absolute Gasteiger partial charge is 0.463 e. The lowest BCUT2D eigenvalue weighted by Crippen LogP contribution is -2.60. The lowest BCUT2D eigenvalue weighted by atomic mass is 9.99. The summed E-state index contributed by atoms with van der Waals surface area (Å²) in [6.07, 6.45) is -8.92. The summed E-state index contributed by atoms with van der Waals surface area (Å²) in [5, 5.41) is 0. The number of hydrogen-bond donors (Lipinski definition) is 1. The zero-order chi connectivity index (χ0) is 20.1. The average Bonchev–Trinajstić information content (AvgIpc) is 2.51. The van der Waals surface area contributed by atoms with Crippen LogP contribution in [0.3, 0.4) is 0 Å². The van der Waals surface area contributed by atoms with E-state index in [4.69, 9.17) is 18.9 Å². The maximum atomic E-state index is 14.7. The van der Waals surface area contributed by atoms with Crippen molar-refractivity contribution in [2.75, 3.05) is 13.7 Å². The van der Waals surface area contributed by atoms with Crippen molar-refractivity contribution in [2.45, 2.75) is 51.5 Å². The van der Waals surface area contributed by atoms with Crippen molar-refractivity contribution in [1.82, 2.24) is 0 Å². The molecule has 0 aromatic carbocycles. The van der Waals surface area contributed by atoms with E-state index >= 15 is 0 Å². The van der Waals surface area contributed by atoms with Gasteiger partial charge < -0.3 is 23.8 Å². The molecule has 0 saturated carbocycles. The van der Waals surface area contributed by atoms with E-state index in [1.54, 1.807) is 0 Å². The Morgan fingerprint density at radius 1 is 1.08 bits per heavy atom. The normalized spacial score (nSPS) is 30.8. The predicted octanol–water partition coefficient (Wildman–Crippen LogP) is 0.239. The summed E-state index contributed by atoms with van der Waals surface area (Å²) >= 11 is 0. The number of halogens is 1. The monoisotopic (exact) mass is 402 g/mol. The van der Waals surface area contributed by atoms with Gasteiger partial charge in [0.05, 0.1) is 0 Å². The molecular weight excluding hydrogens is 382 g/mol. The van der Waals surface area contributed by atoms with Crippen LogP contribution >= 0.6 is 7.82 Å². The Hall–Kier alpha value is -1.59. The molecule has 26 heavy (non-hydrogen) atoms. The molecule has 1 aliphatic rings. The Morgan fingerprint density at radius 3 is 2.08 bits per heavy atom. The summed E-state index contributed by atoms with van der Waals surface area (Å²) in [5.41, 5.74) is 0. The van der Waals surface area contributed by atoms with E-state index in [0.717, 1.165) is 27.9 Å². The number of esters is 3. The highest BCUT2D eigenvalue weighted by atomic mass is 31.2. The lowest BCUT2D eigenvalue weighted by Gasteiger charge is -2.41. The highest BCUT2D eigenvalue weighted by Gasteiger charge is 2.53. The Kier molecular flexibility index (Phi) is 8.10. The first-order valence-corrected chi connectivity index (χ1v) is 8.80. The van der Waals surface area contributed by atoms with Crippen LogP contribution in [0, 0.1) is 0 Å². The molecule has 0 aliphatic carbocycles. The number of ether oxygens (including phenoxy) is 4. The summed E-state index contributed by atoms with van der Waals surface area (Å²) in [6, 6.07) is 0. The van der Waals surface area contributed by atoms with Gasteiger partial charge in [-0.2, -0.15) is 0 Å². The number of phosphoric acid groups is 1. The van der Waals surface area contributed by atoms with E-state index in [2.05, 4.69) is 9.05 Å². The molecule has 0 bridgehead atoms. The number of rotatable bonds is 7. The van der Waals surface area contributed by atoms with Crippen LogP contribution in [0.4, 0.5) is 4.39 Å². The summed E-state index contributed by atoms with van der Waals surface area (Å²) in [5.74, 6) is -2.48. The van der Waals surface area contributed by atoms with Gasteiger partial charge in [0.1, 0.15) is 12.7 Å². The second-order valence-corrected chi connectivity index (χ2v) is 6.71. The summed E-state index contributed by atoms with van der Waals surface area (Å²) in [6.45, 7) is 2.57. The number of carbonyl (C=O) groups is 3. The lowest BCUT2D eigenvalue weighted by molar-refractivity contribution is -0.274. The maximum absolute atomic E-state index is 14.7. The minimum atomic E-state index is -4.67. The van der Waals surface area contributed by atoms with Crippen LogP contribution < -0.4 is 0 Å². The number of phosphoric ester groups is 1. The van der Waals surface area contributed by atoms with Gasteiger partial charge >= 0.3 is 25.7 Å². The fourth-order valence-electron chi connectivity index (χ4n) is 2.12. The fourth-order valence-corrected chi connectivity index (χ4v) is 2.64. The highest BCUT2D eigenvalue weighted by Crippen LogP contribution is 2.46. The third kappa shape index (κ3) is 6.61. The van der Waals surface area contributed by atoms with Gasteiger partial charge in [0.25, 0.3) is 0 Å². The molecule has 150 valence electrons. The molecule has 1 N–H and O–H groups in total. The van der Waals surface area contributed by atoms with Crippen LogP contribution in [0.25, 0.3) is 0 Å². The second-order valence-electron chi connectivity index (χ2n) is 5.19. The molecule has 1 rings (SSSR count). The molecule has 6 atom stereocenters. The van der Waals surface area contributed by atoms with Gasteiger partial charge in [-0.25, -0.2) is 8.96 Å². The molecular formula is C13H20FO11P. The zero-order valence-corrected chi connectivity index (χ0v) is 15.3. The molecule has 1 aliphatic heterocycles. The maximum Gasteiger partial charge on any atom is 0.474 e. The molecule has 0 radical (unpaired) electrons. The second kappa shape index (κ2) is 9.38. The van der Waals surface area contributed by atoms with Crippen LogP contribution in [0.5, 0.6) is 0 Å². The quantitative estimate of drug-likeness (QED) is 0.355. The van der Waals surface area contributed by atoms with E-state index < -0.39 is 63.1 Å². The molecule has 0 aromatic heterocycles. The van der Waals surface area contributed by atoms with Gasteiger partial charge in [0.15, 0.2) is 18.4 Å². The van der Waals surface area contributed by atoms with E-state index in [1.165, 1.54) is 0 Å². The van der Waals surface area contributed by atoms with Crippen LogP contribution in [-0.2, 0) is 46.9 Å². The molecule has 0 aromatic rings. The van der Waals surface area contributed by atoms with Gasteiger partial charge in [-0.1, -0.05) is 0 Å². The third-order valence-electron chi connectivity index (χ3n) is 3.10. The van der Waals surface area contributed by atoms with Crippen molar-refractivity contribution in [2.24, 2.45) is 0 Å². The largest absolute Gasteiger partial charge is 0.474 e. The molecule has 0 spiro atoms. The first kappa shape index (κ1) is 22.5. The van der Waals surface area contributed by atoms with Crippen molar-refractivity contribution < 1.29 is 56.2 Å². The van der Waals surface area contributed by atoms with E-state index in [0.29, 0.717) is 0 Å². The van der Waals surface area contributed by atoms with Crippen LogP contribution in [0.2, 0.25) is 0 Å². The van der Waals surface area contributed by atoms with E-state index in [1.807, 2.05) is 0 Å². The molecule has 1 heterocycles. The Balaban J connectivity index is 3.15. The van der Waals surface area contributed by atoms with Crippen LogP contribution in [0.15, 0.2) is 0 Å². The predicted molar refractivity (Wildman–Crippen MR) is 79.2 cm³/mol. The molecule has 13 heteroatoms.